The molecule has 0 atom stereocenters. The summed E-state index contributed by atoms with van der Waals surface area (Å²) in [5.41, 5.74) is 0. The van der Waals surface area contributed by atoms with E-state index in [1.807, 2.05) is 0 Å². The van der Waals surface area contributed by atoms with Crippen LogP contribution in [-0.4, -0.2) is 24.7 Å². The highest BCUT2D eigenvalue weighted by Crippen LogP contribution is 2.29. The van der Waals surface area contributed by atoms with Gasteiger partial charge in [0.15, 0.2) is 4.30 Å². The first-order valence-corrected chi connectivity index (χ1v) is 5.26. The molecule has 13 heavy (non-hydrogen) atoms. The van der Waals surface area contributed by atoms with Gasteiger partial charge in [-0.05, 0) is 6.92 Å². The Hall–Kier alpha value is 1.95. The molecule has 0 rings (SSSR count). The van der Waals surface area contributed by atoms with Crippen molar-refractivity contribution >= 4 is 81.2 Å². The monoisotopic (exact) mass is 334 g/mol. The van der Waals surface area contributed by atoms with Crippen molar-refractivity contribution < 1.29 is 10.6 Å². The van der Waals surface area contributed by atoms with Gasteiger partial charge < -0.3 is 10.6 Å². The van der Waals surface area contributed by atoms with Gasteiger partial charge >= 0.3 is 0 Å². The van der Waals surface area contributed by atoms with Crippen LogP contribution in [0.5, 0.6) is 0 Å². The van der Waals surface area contributed by atoms with Crippen molar-refractivity contribution in [2.75, 3.05) is 6.61 Å². The number of alkyl halides is 7. The van der Waals surface area contributed by atoms with Crippen molar-refractivity contribution in [1.82, 2.24) is 0 Å². The van der Waals surface area contributed by atoms with Crippen LogP contribution < -0.4 is 0 Å². The fourth-order valence-corrected chi connectivity index (χ4v) is 0. The molecule has 3 N–H and O–H groups in total. The summed E-state index contributed by atoms with van der Waals surface area (Å²) in [6.07, 6.45) is 0. The molecule has 0 heterocycles. The highest BCUT2D eigenvalue weighted by Gasteiger charge is 2.11. The smallest absolute Gasteiger partial charge is 0.266 e. The van der Waals surface area contributed by atoms with E-state index in [1.165, 1.54) is 0 Å². The number of aliphatic hydroxyl groups excluding tert-OH is 1. The Bertz CT molecular complexity index is 64.6. The van der Waals surface area contributed by atoms with Crippen molar-refractivity contribution in [2.45, 2.75) is 14.5 Å². The molecule has 9 heteroatoms. The molecule has 0 amide bonds. The molecule has 0 aliphatic rings. The van der Waals surface area contributed by atoms with Gasteiger partial charge in [-0.1, -0.05) is 81.2 Å². The molecule has 0 saturated heterocycles. The van der Waals surface area contributed by atoms with Crippen LogP contribution in [-0.2, 0) is 0 Å². The van der Waals surface area contributed by atoms with Crippen LogP contribution in [0, 0.1) is 0 Å². The van der Waals surface area contributed by atoms with Gasteiger partial charge in [0.2, 0.25) is 0 Å². The molecule has 0 aliphatic heterocycles. The van der Waals surface area contributed by atoms with Crippen LogP contribution in [0.15, 0.2) is 0 Å². The lowest BCUT2D eigenvalue weighted by molar-refractivity contribution is 0.318. The third-order valence-electron chi connectivity index (χ3n) is 0. The molecule has 0 aromatic carbocycles. The van der Waals surface area contributed by atoms with E-state index in [0.717, 1.165) is 0 Å². The quantitative estimate of drug-likeness (QED) is 0.673. The topological polar surface area (TPSA) is 51.7 Å². The van der Waals surface area contributed by atoms with Crippen molar-refractivity contribution in [3.8, 4) is 0 Å². The molecule has 0 fully saturated rings. The molecule has 86 valence electrons. The molecule has 0 aromatic heterocycles. The molecular weight excluding hydrogens is 328 g/mol. The zero-order valence-corrected chi connectivity index (χ0v) is 11.7. The molecule has 0 aromatic rings. The number of aliphatic hydroxyl groups is 1. The number of halogens is 7. The lowest BCUT2D eigenvalue weighted by Crippen LogP contribution is -1.81. The van der Waals surface area contributed by atoms with Crippen molar-refractivity contribution in [3.63, 3.8) is 0 Å². The Balaban J connectivity index is -0.0000000465. The summed E-state index contributed by atoms with van der Waals surface area (Å²) in [7, 11) is 0. The minimum absolute atomic E-state index is 0. The maximum absolute atomic E-state index is 7.57. The largest absolute Gasteiger partial charge is 0.412 e. The summed E-state index contributed by atoms with van der Waals surface area (Å²) in [6, 6.07) is 0. The van der Waals surface area contributed by atoms with E-state index in [-0.39, 0.29) is 12.1 Å². The number of hydrogen-bond acceptors (Lipinski definition) is 1. The summed E-state index contributed by atoms with van der Waals surface area (Å²) < 4.78 is -2.36. The lowest BCUT2D eigenvalue weighted by atomic mass is 10.9. The lowest BCUT2D eigenvalue weighted by Gasteiger charge is -1.91. The Labute approximate surface area is 112 Å². The molecular formula is C4H9Cl7O2. The van der Waals surface area contributed by atoms with E-state index in [1.54, 1.807) is 6.92 Å². The van der Waals surface area contributed by atoms with Gasteiger partial charge in [-0.2, -0.15) is 0 Å². The van der Waals surface area contributed by atoms with E-state index < -0.39 is 7.55 Å². The van der Waals surface area contributed by atoms with E-state index >= 15 is 0 Å². The van der Waals surface area contributed by atoms with Crippen molar-refractivity contribution in [3.05, 3.63) is 0 Å². The average Bonchev–Trinajstić information content (AvgIpc) is 1.56. The summed E-state index contributed by atoms with van der Waals surface area (Å²) in [4.78, 5) is 0. The average molecular weight is 337 g/mol. The summed E-state index contributed by atoms with van der Waals surface area (Å²) in [5.74, 6) is 0. The predicted octanol–water partition coefficient (Wildman–Crippen LogP) is 3.71. The molecule has 0 radical (unpaired) electrons. The second-order valence-corrected chi connectivity index (χ2v) is 6.40. The van der Waals surface area contributed by atoms with Gasteiger partial charge in [-0.15, -0.1) is 0 Å². The van der Waals surface area contributed by atoms with Gasteiger partial charge in [0.1, 0.15) is 0 Å². The summed E-state index contributed by atoms with van der Waals surface area (Å²) >= 11 is 33.7. The summed E-state index contributed by atoms with van der Waals surface area (Å²) in [5, 5.41) is 7.57. The standard InChI is InChI=1S/C2H6O.CCl4.CHCl3.H2O/c1-2-3;2-1(3,4)5;2-1(3)4;/h3H,2H2,1H3;;1H;1H2. The SMILES string of the molecule is CCO.ClC(Cl)(Cl)Cl.ClC(Cl)Cl.O. The molecule has 2 nitrogen and oxygen atoms in total. The third-order valence-corrected chi connectivity index (χ3v) is 0. The highest BCUT2D eigenvalue weighted by atomic mass is 35.6. The van der Waals surface area contributed by atoms with E-state index in [0.29, 0.717) is 0 Å². The normalized spacial score (nSPS) is 8.77. The zero-order chi connectivity index (χ0) is 10.8. The molecule has 0 unspecified atom stereocenters. The first kappa shape index (κ1) is 24.3. The fourth-order valence-electron chi connectivity index (χ4n) is 0. The molecule has 0 spiro atoms. The van der Waals surface area contributed by atoms with Gasteiger partial charge in [0, 0.05) is 6.61 Å². The maximum Gasteiger partial charge on any atom is 0.266 e. The molecule has 0 bridgehead atoms. The minimum Gasteiger partial charge on any atom is -0.412 e. The van der Waals surface area contributed by atoms with E-state index in [9.17, 15) is 0 Å². The maximum atomic E-state index is 7.57. The van der Waals surface area contributed by atoms with E-state index in [2.05, 4.69) is 0 Å². The second-order valence-electron chi connectivity index (χ2n) is 0.992. The van der Waals surface area contributed by atoms with Crippen molar-refractivity contribution in [1.29, 1.82) is 0 Å². The Kier molecular flexibility index (Phi) is 30.6. The first-order valence-electron chi connectivity index (χ1n) is 2.43. The highest BCUT2D eigenvalue weighted by molar-refractivity contribution is 6.83. The fraction of sp³-hybridized carbons (Fsp3) is 1.00. The molecule has 0 aliphatic carbocycles. The van der Waals surface area contributed by atoms with Crippen LogP contribution in [0.1, 0.15) is 6.92 Å². The minimum atomic E-state index is -1.61. The van der Waals surface area contributed by atoms with Crippen LogP contribution in [0.2, 0.25) is 0 Å². The predicted molar refractivity (Wildman–Crippen MR) is 63.9 cm³/mol. The van der Waals surface area contributed by atoms with Gasteiger partial charge in [-0.25, -0.2) is 0 Å². The van der Waals surface area contributed by atoms with Crippen LogP contribution in [0.4, 0.5) is 0 Å². The number of rotatable bonds is 0. The number of hydrogen-bond donors (Lipinski definition) is 1. The Morgan fingerprint density at radius 1 is 1.08 bits per heavy atom. The van der Waals surface area contributed by atoms with Crippen LogP contribution in [0.25, 0.3) is 0 Å². The Morgan fingerprint density at radius 3 is 1.08 bits per heavy atom. The van der Waals surface area contributed by atoms with Crippen LogP contribution >= 0.6 is 81.2 Å². The summed E-state index contributed by atoms with van der Waals surface area (Å²) in [6.45, 7) is 1.93. The van der Waals surface area contributed by atoms with Gasteiger partial charge in [0.25, 0.3) is 3.25 Å². The third kappa shape index (κ3) is 524. The zero-order valence-electron chi connectivity index (χ0n) is 6.38. The second kappa shape index (κ2) is 16.4. The van der Waals surface area contributed by atoms with Gasteiger partial charge in [0.05, 0.1) is 0 Å². The van der Waals surface area contributed by atoms with Crippen LogP contribution in [0.3, 0.4) is 0 Å². The Morgan fingerprint density at radius 2 is 1.08 bits per heavy atom. The molecule has 0 saturated carbocycles. The van der Waals surface area contributed by atoms with E-state index in [4.69, 9.17) is 86.3 Å². The van der Waals surface area contributed by atoms with Crippen molar-refractivity contribution in [2.24, 2.45) is 0 Å². The van der Waals surface area contributed by atoms with Gasteiger partial charge in [-0.3, -0.25) is 0 Å². The first-order chi connectivity index (χ1) is 5.15.